The molecule has 0 unspecified atom stereocenters. The highest BCUT2D eigenvalue weighted by Gasteiger charge is 2.29. The van der Waals surface area contributed by atoms with Crippen molar-refractivity contribution in [1.29, 1.82) is 0 Å². The van der Waals surface area contributed by atoms with E-state index >= 15 is 0 Å². The normalized spacial score (nSPS) is 19.2. The second-order valence-corrected chi connectivity index (χ2v) is 5.43. The lowest BCUT2D eigenvalue weighted by atomic mass is 9.92. The van der Waals surface area contributed by atoms with Crippen LogP contribution in [-0.2, 0) is 9.53 Å². The number of benzene rings is 1. The van der Waals surface area contributed by atoms with Gasteiger partial charge in [-0.1, -0.05) is 15.9 Å². The van der Waals surface area contributed by atoms with Gasteiger partial charge >= 0.3 is 0 Å². The minimum absolute atomic E-state index is 0.431. The summed E-state index contributed by atoms with van der Waals surface area (Å²) >= 11 is 3.41. The topological polar surface area (TPSA) is 46.6 Å². The fourth-order valence-corrected chi connectivity index (χ4v) is 2.75. The molecular formula is C14H12BrNO3. The second-order valence-electron chi connectivity index (χ2n) is 4.51. The van der Waals surface area contributed by atoms with Crippen LogP contribution in [0.2, 0.25) is 0 Å². The van der Waals surface area contributed by atoms with Gasteiger partial charge in [-0.25, -0.2) is 0 Å². The molecule has 3 rings (SSSR count). The van der Waals surface area contributed by atoms with Crippen molar-refractivity contribution in [2.24, 2.45) is 0 Å². The highest BCUT2D eigenvalue weighted by atomic mass is 79.9. The van der Waals surface area contributed by atoms with Crippen LogP contribution < -0.4 is 0 Å². The number of carbonyl (C=O) groups excluding carboxylic acids is 2. The van der Waals surface area contributed by atoms with E-state index in [1.165, 1.54) is 6.08 Å². The zero-order valence-electron chi connectivity index (χ0n) is 10.2. The van der Waals surface area contributed by atoms with E-state index in [4.69, 9.17) is 4.74 Å². The fourth-order valence-electron chi connectivity index (χ4n) is 2.39. The smallest absolute Gasteiger partial charge is 0.233 e. The molecule has 1 aliphatic heterocycles. The number of nitrogens with zero attached hydrogens (tertiary/aromatic N) is 1. The highest BCUT2D eigenvalue weighted by molar-refractivity contribution is 9.10. The third kappa shape index (κ3) is 2.24. The van der Waals surface area contributed by atoms with Gasteiger partial charge in [0, 0.05) is 40.5 Å². The van der Waals surface area contributed by atoms with E-state index in [1.54, 1.807) is 12.1 Å². The van der Waals surface area contributed by atoms with Crippen molar-refractivity contribution < 1.29 is 14.3 Å². The SMILES string of the molecule is O=C1C=C(N2CCOCC2)c2cc(Br)ccc2C1=O. The Morgan fingerprint density at radius 3 is 2.58 bits per heavy atom. The van der Waals surface area contributed by atoms with Gasteiger partial charge in [0.25, 0.3) is 0 Å². The summed E-state index contributed by atoms with van der Waals surface area (Å²) in [5, 5.41) is 0. The summed E-state index contributed by atoms with van der Waals surface area (Å²) in [7, 11) is 0. The van der Waals surface area contributed by atoms with Crippen LogP contribution in [0.15, 0.2) is 28.7 Å². The van der Waals surface area contributed by atoms with Crippen molar-refractivity contribution in [3.05, 3.63) is 39.9 Å². The van der Waals surface area contributed by atoms with Crippen LogP contribution in [0.5, 0.6) is 0 Å². The fraction of sp³-hybridized carbons (Fsp3) is 0.286. The maximum Gasteiger partial charge on any atom is 0.233 e. The summed E-state index contributed by atoms with van der Waals surface area (Å²) in [6.07, 6.45) is 1.45. The summed E-state index contributed by atoms with van der Waals surface area (Å²) in [5.74, 6) is -0.879. The van der Waals surface area contributed by atoms with E-state index < -0.39 is 11.6 Å². The molecule has 0 radical (unpaired) electrons. The lowest BCUT2D eigenvalue weighted by Crippen LogP contribution is -2.37. The van der Waals surface area contributed by atoms with Gasteiger partial charge in [-0.2, -0.15) is 0 Å². The van der Waals surface area contributed by atoms with Crippen LogP contribution in [0.1, 0.15) is 15.9 Å². The van der Waals surface area contributed by atoms with Gasteiger partial charge in [0.1, 0.15) is 0 Å². The quantitative estimate of drug-likeness (QED) is 0.741. The number of hydrogen-bond acceptors (Lipinski definition) is 4. The summed E-state index contributed by atoms with van der Waals surface area (Å²) < 4.78 is 6.22. The standard InChI is InChI=1S/C14H12BrNO3/c15-9-1-2-10-11(7-9)12(8-13(17)14(10)18)16-3-5-19-6-4-16/h1-2,7-8H,3-6H2. The number of Topliss-reactive ketones (excluding diaryl/α,β-unsaturated/α-hetero) is 1. The summed E-state index contributed by atoms with van der Waals surface area (Å²) in [6, 6.07) is 5.38. The Kier molecular flexibility index (Phi) is 3.24. The number of halogens is 1. The molecule has 1 aromatic carbocycles. The highest BCUT2D eigenvalue weighted by Crippen LogP contribution is 2.30. The molecule has 2 aliphatic rings. The van der Waals surface area contributed by atoms with E-state index in [9.17, 15) is 9.59 Å². The van der Waals surface area contributed by atoms with Crippen LogP contribution in [0.4, 0.5) is 0 Å². The predicted molar refractivity (Wildman–Crippen MR) is 73.8 cm³/mol. The van der Waals surface area contributed by atoms with E-state index in [1.807, 2.05) is 6.07 Å². The summed E-state index contributed by atoms with van der Waals surface area (Å²) in [6.45, 7) is 2.75. The molecule has 5 heteroatoms. The number of allylic oxidation sites excluding steroid dienone is 1. The number of rotatable bonds is 1. The Morgan fingerprint density at radius 1 is 1.11 bits per heavy atom. The molecule has 0 aromatic heterocycles. The molecule has 0 bridgehead atoms. The van der Waals surface area contributed by atoms with Crippen molar-refractivity contribution in [3.63, 3.8) is 0 Å². The number of carbonyl (C=O) groups is 2. The third-order valence-corrected chi connectivity index (χ3v) is 3.84. The van der Waals surface area contributed by atoms with Gasteiger partial charge in [0.2, 0.25) is 11.6 Å². The minimum Gasteiger partial charge on any atom is -0.378 e. The molecule has 0 atom stereocenters. The van der Waals surface area contributed by atoms with Gasteiger partial charge in [-0.05, 0) is 18.2 Å². The van der Waals surface area contributed by atoms with Gasteiger partial charge < -0.3 is 9.64 Å². The maximum absolute atomic E-state index is 11.9. The lowest BCUT2D eigenvalue weighted by molar-refractivity contribution is -0.111. The molecule has 1 fully saturated rings. The summed E-state index contributed by atoms with van der Waals surface area (Å²) in [4.78, 5) is 25.8. The number of ketones is 2. The Morgan fingerprint density at radius 2 is 1.84 bits per heavy atom. The largest absolute Gasteiger partial charge is 0.378 e. The molecule has 0 saturated carbocycles. The number of hydrogen-bond donors (Lipinski definition) is 0. The van der Waals surface area contributed by atoms with Crippen LogP contribution in [0.25, 0.3) is 5.70 Å². The number of ether oxygens (including phenoxy) is 1. The molecule has 1 heterocycles. The van der Waals surface area contributed by atoms with E-state index in [0.29, 0.717) is 18.8 Å². The van der Waals surface area contributed by atoms with Crippen LogP contribution in [0, 0.1) is 0 Å². The number of fused-ring (bicyclic) bond motifs is 1. The minimum atomic E-state index is -0.448. The van der Waals surface area contributed by atoms with E-state index in [0.717, 1.165) is 28.8 Å². The first-order valence-corrected chi connectivity index (χ1v) is 6.89. The van der Waals surface area contributed by atoms with Gasteiger partial charge in [-0.15, -0.1) is 0 Å². The predicted octanol–water partition coefficient (Wildman–Crippen LogP) is 1.89. The first-order valence-electron chi connectivity index (χ1n) is 6.10. The summed E-state index contributed by atoms with van der Waals surface area (Å²) in [5.41, 5.74) is 2.13. The molecule has 19 heavy (non-hydrogen) atoms. The van der Waals surface area contributed by atoms with E-state index in [-0.39, 0.29) is 0 Å². The van der Waals surface area contributed by atoms with Crippen molar-refractivity contribution >= 4 is 33.2 Å². The molecule has 4 nitrogen and oxygen atoms in total. The van der Waals surface area contributed by atoms with Gasteiger partial charge in [-0.3, -0.25) is 9.59 Å². The molecule has 1 aliphatic carbocycles. The Balaban J connectivity index is 2.08. The lowest BCUT2D eigenvalue weighted by Gasteiger charge is -2.33. The van der Waals surface area contributed by atoms with Crippen molar-refractivity contribution in [1.82, 2.24) is 4.90 Å². The van der Waals surface area contributed by atoms with Crippen LogP contribution in [0.3, 0.4) is 0 Å². The van der Waals surface area contributed by atoms with Crippen LogP contribution >= 0.6 is 15.9 Å². The van der Waals surface area contributed by atoms with Crippen LogP contribution in [-0.4, -0.2) is 42.8 Å². The average molecular weight is 322 g/mol. The van der Waals surface area contributed by atoms with Crippen molar-refractivity contribution in [3.8, 4) is 0 Å². The molecule has 98 valence electrons. The number of morpholine rings is 1. The monoisotopic (exact) mass is 321 g/mol. The van der Waals surface area contributed by atoms with Crippen molar-refractivity contribution in [2.75, 3.05) is 26.3 Å². The Labute approximate surface area is 119 Å². The first kappa shape index (κ1) is 12.6. The molecule has 1 aromatic rings. The molecule has 0 amide bonds. The maximum atomic E-state index is 11.9. The molecular weight excluding hydrogens is 310 g/mol. The Bertz CT molecular complexity index is 588. The third-order valence-electron chi connectivity index (χ3n) is 3.35. The molecule has 0 N–H and O–H groups in total. The Hall–Kier alpha value is -1.46. The average Bonchev–Trinajstić information content (AvgIpc) is 2.43. The second kappa shape index (κ2) is 4.90. The zero-order valence-corrected chi connectivity index (χ0v) is 11.8. The van der Waals surface area contributed by atoms with Gasteiger partial charge in [0.05, 0.1) is 13.2 Å². The first-order chi connectivity index (χ1) is 9.16. The van der Waals surface area contributed by atoms with Gasteiger partial charge in [0.15, 0.2) is 0 Å². The van der Waals surface area contributed by atoms with Crippen molar-refractivity contribution in [2.45, 2.75) is 0 Å². The molecule has 1 saturated heterocycles. The molecule has 0 spiro atoms. The van der Waals surface area contributed by atoms with E-state index in [2.05, 4.69) is 20.8 Å². The zero-order chi connectivity index (χ0) is 13.4.